The quantitative estimate of drug-likeness (QED) is 0.294. The van der Waals surface area contributed by atoms with E-state index in [0.29, 0.717) is 12.0 Å². The zero-order valence-electron chi connectivity index (χ0n) is 17.9. The Morgan fingerprint density at radius 2 is 1.62 bits per heavy atom. The van der Waals surface area contributed by atoms with Crippen LogP contribution >= 0.6 is 27.3 Å². The Bertz CT molecular complexity index is 880. The summed E-state index contributed by atoms with van der Waals surface area (Å²) in [6.45, 7) is 9.89. The van der Waals surface area contributed by atoms with Crippen molar-refractivity contribution < 1.29 is 0 Å². The van der Waals surface area contributed by atoms with E-state index in [4.69, 9.17) is 4.98 Å². The average Bonchev–Trinajstić information content (AvgIpc) is 3.22. The van der Waals surface area contributed by atoms with Crippen LogP contribution in [-0.4, -0.2) is 11.0 Å². The molecule has 1 heterocycles. The Labute approximate surface area is 188 Å². The minimum Gasteiger partial charge on any atom is -0.362 e. The molecule has 2 nitrogen and oxygen atoms in total. The van der Waals surface area contributed by atoms with Crippen LogP contribution in [0.2, 0.25) is 0 Å². The van der Waals surface area contributed by atoms with Gasteiger partial charge in [0.15, 0.2) is 0 Å². The van der Waals surface area contributed by atoms with Crippen molar-refractivity contribution in [1.82, 2.24) is 4.98 Å². The lowest BCUT2D eigenvalue weighted by Gasteiger charge is -2.28. The summed E-state index contributed by atoms with van der Waals surface area (Å²) in [5, 5.41) is 4.21. The standard InChI is InChI=1S/C25H31BrN2S/c1-5-20(6-2)21-11-13-23(14-12-21)28(18(3)4)16-25-27-24(17-29-25)22-9-7-19(15-26)8-10-22/h7-14,17-18,20H,5-6,15-16H2,1-4H3. The molecule has 1 aromatic heterocycles. The van der Waals surface area contributed by atoms with Crippen LogP contribution in [0.1, 0.15) is 62.6 Å². The van der Waals surface area contributed by atoms with Gasteiger partial charge in [0.2, 0.25) is 0 Å². The van der Waals surface area contributed by atoms with E-state index in [9.17, 15) is 0 Å². The summed E-state index contributed by atoms with van der Waals surface area (Å²) in [5.74, 6) is 0.661. The number of halogens is 1. The number of hydrogen-bond donors (Lipinski definition) is 0. The normalized spacial score (nSPS) is 11.4. The molecule has 4 heteroatoms. The maximum atomic E-state index is 4.92. The van der Waals surface area contributed by atoms with Crippen LogP contribution in [0.15, 0.2) is 53.9 Å². The van der Waals surface area contributed by atoms with Crippen molar-refractivity contribution in [3.8, 4) is 11.3 Å². The minimum atomic E-state index is 0.416. The van der Waals surface area contributed by atoms with Crippen LogP contribution in [0, 0.1) is 0 Å². The van der Waals surface area contributed by atoms with Crippen LogP contribution in [-0.2, 0) is 11.9 Å². The summed E-state index contributed by atoms with van der Waals surface area (Å²) in [5.41, 5.74) is 6.26. The summed E-state index contributed by atoms with van der Waals surface area (Å²) in [6, 6.07) is 18.2. The second-order valence-electron chi connectivity index (χ2n) is 7.78. The van der Waals surface area contributed by atoms with Crippen LogP contribution in [0.4, 0.5) is 5.69 Å². The minimum absolute atomic E-state index is 0.416. The second kappa shape index (κ2) is 10.4. The number of thiazole rings is 1. The van der Waals surface area contributed by atoms with Crippen molar-refractivity contribution in [3.05, 3.63) is 70.0 Å². The third-order valence-corrected chi connectivity index (χ3v) is 7.05. The number of hydrogen-bond acceptors (Lipinski definition) is 3. The van der Waals surface area contributed by atoms with Crippen LogP contribution in [0.3, 0.4) is 0 Å². The number of aromatic nitrogens is 1. The molecule has 0 fully saturated rings. The van der Waals surface area contributed by atoms with E-state index in [2.05, 4.69) is 102 Å². The Hall–Kier alpha value is -1.65. The predicted octanol–water partition coefficient (Wildman–Crippen LogP) is 8.02. The first-order valence-corrected chi connectivity index (χ1v) is 12.5. The Morgan fingerprint density at radius 1 is 0.966 bits per heavy atom. The fourth-order valence-electron chi connectivity index (χ4n) is 3.70. The van der Waals surface area contributed by atoms with Crippen molar-refractivity contribution in [1.29, 1.82) is 0 Å². The fourth-order valence-corrected chi connectivity index (χ4v) is 4.87. The van der Waals surface area contributed by atoms with E-state index >= 15 is 0 Å². The zero-order valence-corrected chi connectivity index (χ0v) is 20.3. The molecule has 154 valence electrons. The van der Waals surface area contributed by atoms with Gasteiger partial charge in [0.1, 0.15) is 5.01 Å². The molecule has 0 amide bonds. The van der Waals surface area contributed by atoms with Crippen LogP contribution < -0.4 is 4.90 Å². The monoisotopic (exact) mass is 470 g/mol. The van der Waals surface area contributed by atoms with Gasteiger partial charge < -0.3 is 4.90 Å². The van der Waals surface area contributed by atoms with E-state index in [-0.39, 0.29) is 0 Å². The summed E-state index contributed by atoms with van der Waals surface area (Å²) in [6.07, 6.45) is 2.39. The summed E-state index contributed by atoms with van der Waals surface area (Å²) < 4.78 is 0. The average molecular weight is 472 g/mol. The van der Waals surface area contributed by atoms with Gasteiger partial charge in [0, 0.05) is 28.0 Å². The highest BCUT2D eigenvalue weighted by Gasteiger charge is 2.15. The van der Waals surface area contributed by atoms with Crippen molar-refractivity contribution in [3.63, 3.8) is 0 Å². The highest BCUT2D eigenvalue weighted by molar-refractivity contribution is 9.08. The molecule has 0 bridgehead atoms. The van der Waals surface area contributed by atoms with Crippen molar-refractivity contribution in [2.45, 2.75) is 64.4 Å². The molecule has 0 aliphatic rings. The van der Waals surface area contributed by atoms with E-state index in [1.165, 1.54) is 35.2 Å². The van der Waals surface area contributed by atoms with Gasteiger partial charge in [-0.1, -0.05) is 66.2 Å². The second-order valence-corrected chi connectivity index (χ2v) is 9.29. The summed E-state index contributed by atoms with van der Waals surface area (Å²) >= 11 is 5.25. The summed E-state index contributed by atoms with van der Waals surface area (Å²) in [7, 11) is 0. The SMILES string of the molecule is CCC(CC)c1ccc(N(Cc2nc(-c3ccc(CBr)cc3)cs2)C(C)C)cc1. The first-order chi connectivity index (χ1) is 14.0. The van der Waals surface area contributed by atoms with Gasteiger partial charge in [0.25, 0.3) is 0 Å². The lowest BCUT2D eigenvalue weighted by molar-refractivity contribution is 0.640. The molecule has 29 heavy (non-hydrogen) atoms. The maximum absolute atomic E-state index is 4.92. The molecule has 0 radical (unpaired) electrons. The Kier molecular flexibility index (Phi) is 7.91. The van der Waals surface area contributed by atoms with E-state index in [1.807, 2.05) is 0 Å². The van der Waals surface area contributed by atoms with E-state index in [1.54, 1.807) is 11.3 Å². The first-order valence-electron chi connectivity index (χ1n) is 10.5. The molecule has 0 aliphatic heterocycles. The molecule has 0 unspecified atom stereocenters. The third kappa shape index (κ3) is 5.49. The molecule has 0 saturated carbocycles. The lowest BCUT2D eigenvalue weighted by Crippen LogP contribution is -2.30. The van der Waals surface area contributed by atoms with Gasteiger partial charge in [-0.05, 0) is 55.9 Å². The van der Waals surface area contributed by atoms with E-state index in [0.717, 1.165) is 22.6 Å². The lowest BCUT2D eigenvalue weighted by atomic mass is 9.94. The molecule has 3 aromatic rings. The number of alkyl halides is 1. The van der Waals surface area contributed by atoms with Crippen LogP contribution in [0.25, 0.3) is 11.3 Å². The molecule has 0 saturated heterocycles. The molecule has 2 aromatic carbocycles. The van der Waals surface area contributed by atoms with E-state index < -0.39 is 0 Å². The van der Waals surface area contributed by atoms with Crippen molar-refractivity contribution in [2.24, 2.45) is 0 Å². The van der Waals surface area contributed by atoms with Gasteiger partial charge in [0.05, 0.1) is 12.2 Å². The smallest absolute Gasteiger partial charge is 0.113 e. The largest absolute Gasteiger partial charge is 0.362 e. The van der Waals surface area contributed by atoms with Gasteiger partial charge in [-0.3, -0.25) is 0 Å². The molecule has 0 aliphatic carbocycles. The third-order valence-electron chi connectivity index (χ3n) is 5.57. The highest BCUT2D eigenvalue weighted by Crippen LogP contribution is 2.29. The molecule has 0 spiro atoms. The molecule has 0 N–H and O–H groups in total. The topological polar surface area (TPSA) is 16.1 Å². The van der Waals surface area contributed by atoms with Gasteiger partial charge in [-0.15, -0.1) is 11.3 Å². The van der Waals surface area contributed by atoms with Gasteiger partial charge in [-0.25, -0.2) is 4.98 Å². The molecular formula is C25H31BrN2S. The summed E-state index contributed by atoms with van der Waals surface area (Å²) in [4.78, 5) is 7.36. The Morgan fingerprint density at radius 3 is 2.17 bits per heavy atom. The number of anilines is 1. The molecule has 3 rings (SSSR count). The number of benzene rings is 2. The highest BCUT2D eigenvalue weighted by atomic mass is 79.9. The zero-order chi connectivity index (χ0) is 20.8. The Balaban J connectivity index is 1.76. The first kappa shape index (κ1) is 22.0. The predicted molar refractivity (Wildman–Crippen MR) is 131 cm³/mol. The van der Waals surface area contributed by atoms with Crippen molar-refractivity contribution >= 4 is 33.0 Å². The maximum Gasteiger partial charge on any atom is 0.113 e. The van der Waals surface area contributed by atoms with Crippen LogP contribution in [0.5, 0.6) is 0 Å². The fraction of sp³-hybridized carbons (Fsp3) is 0.400. The van der Waals surface area contributed by atoms with Gasteiger partial charge in [-0.2, -0.15) is 0 Å². The van der Waals surface area contributed by atoms with Gasteiger partial charge >= 0.3 is 0 Å². The molecule has 0 atom stereocenters. The number of rotatable bonds is 9. The number of nitrogens with zero attached hydrogens (tertiary/aromatic N) is 2. The van der Waals surface area contributed by atoms with Crippen molar-refractivity contribution in [2.75, 3.05) is 4.90 Å². The molecular weight excluding hydrogens is 440 g/mol.